The standard InChI is InChI=1S/C28H28S2Si2.C20H22Br2Si2.C4H3BrS/c1-31(2,3)17-13-27-23(21-11-15-29-19-21)7-10-26-25(27)9-8-24(22-12-16-30-20-22)28(26)14-18-32(4,5)6;1-23(2,3)13-11-17-15-7-10-20(22)18(12-14-24(4,5)6)16(15)8-9-19(17)21;5-4-1-2-6-3-4/h7-12,15-16,19-20H,1-6H3;7-10H,1-6H3;1-3H. The van der Waals surface area contributed by atoms with E-state index in [1.165, 1.54) is 48.3 Å². The molecule has 0 unspecified atom stereocenters. The number of hydrogen-bond acceptors (Lipinski definition) is 3. The molecule has 0 radical (unpaired) electrons. The zero-order valence-corrected chi connectivity index (χ0v) is 48.9. The number of rotatable bonds is 2. The zero-order chi connectivity index (χ0) is 45.5. The number of benzene rings is 4. The Kier molecular flexibility index (Phi) is 17.2. The summed E-state index contributed by atoms with van der Waals surface area (Å²) in [4.78, 5) is 0. The first kappa shape index (κ1) is 50.1. The van der Waals surface area contributed by atoms with E-state index < -0.39 is 32.3 Å². The van der Waals surface area contributed by atoms with Crippen molar-refractivity contribution in [1.82, 2.24) is 0 Å². The van der Waals surface area contributed by atoms with E-state index in [0.717, 1.165) is 31.2 Å². The van der Waals surface area contributed by atoms with Crippen LogP contribution in [-0.4, -0.2) is 32.3 Å². The average Bonchev–Trinajstić information content (AvgIpc) is 4.00. The molecule has 7 aromatic rings. The van der Waals surface area contributed by atoms with E-state index in [9.17, 15) is 0 Å². The summed E-state index contributed by atoms with van der Waals surface area (Å²) in [6.45, 7) is 27.4. The minimum absolute atomic E-state index is 1.05. The number of fused-ring (bicyclic) bond motifs is 2. The quantitative estimate of drug-likeness (QED) is 0.120. The molecule has 3 aromatic heterocycles. The lowest BCUT2D eigenvalue weighted by molar-refractivity contribution is 1.60. The zero-order valence-electron chi connectivity index (χ0n) is 37.7. The Labute approximate surface area is 412 Å². The van der Waals surface area contributed by atoms with Crippen molar-refractivity contribution >= 4 is 136 Å². The predicted molar refractivity (Wildman–Crippen MR) is 303 cm³/mol. The van der Waals surface area contributed by atoms with E-state index in [4.69, 9.17) is 0 Å². The van der Waals surface area contributed by atoms with Crippen LogP contribution >= 0.6 is 81.8 Å². The maximum atomic E-state index is 3.67. The molecule has 316 valence electrons. The molecule has 0 saturated carbocycles. The van der Waals surface area contributed by atoms with Crippen molar-refractivity contribution in [3.8, 4) is 68.1 Å². The second kappa shape index (κ2) is 21.4. The summed E-state index contributed by atoms with van der Waals surface area (Å²) in [6, 6.07) is 23.9. The van der Waals surface area contributed by atoms with Gasteiger partial charge in [-0.05, 0) is 149 Å². The lowest BCUT2D eigenvalue weighted by atomic mass is 9.90. The Morgan fingerprint density at radius 1 is 0.355 bits per heavy atom. The molecule has 62 heavy (non-hydrogen) atoms. The van der Waals surface area contributed by atoms with Gasteiger partial charge in [-0.2, -0.15) is 34.0 Å². The van der Waals surface area contributed by atoms with Crippen molar-refractivity contribution in [3.05, 3.63) is 135 Å². The van der Waals surface area contributed by atoms with Crippen molar-refractivity contribution in [2.45, 2.75) is 78.6 Å². The van der Waals surface area contributed by atoms with Gasteiger partial charge in [-0.25, -0.2) is 0 Å². The van der Waals surface area contributed by atoms with E-state index in [-0.39, 0.29) is 0 Å². The Balaban J connectivity index is 0.000000212. The summed E-state index contributed by atoms with van der Waals surface area (Å²) >= 11 is 15.8. The van der Waals surface area contributed by atoms with Crippen LogP contribution in [0.15, 0.2) is 112 Å². The highest BCUT2D eigenvalue weighted by Gasteiger charge is 2.17. The van der Waals surface area contributed by atoms with Gasteiger partial charge in [0.25, 0.3) is 0 Å². The predicted octanol–water partition coefficient (Wildman–Crippen LogP) is 18.1. The van der Waals surface area contributed by atoms with Crippen LogP contribution < -0.4 is 0 Å². The number of hydrogen-bond donors (Lipinski definition) is 0. The van der Waals surface area contributed by atoms with E-state index >= 15 is 0 Å². The SMILES string of the molecule is Brc1ccsc1.C[Si](C)(C)C#Cc1c(-c2ccsc2)ccc2c(C#C[Si](C)(C)C)c(-c3ccsc3)ccc12.C[Si](C)(C)C#Cc1c(Br)ccc2c(C#C[Si](C)(C)C)c(Br)ccc12. The van der Waals surface area contributed by atoms with Crippen LogP contribution in [0.25, 0.3) is 43.8 Å². The molecule has 0 atom stereocenters. The molecule has 0 aliphatic carbocycles. The van der Waals surface area contributed by atoms with Crippen LogP contribution in [0.1, 0.15) is 22.3 Å². The van der Waals surface area contributed by atoms with Gasteiger partial charge in [0.1, 0.15) is 32.3 Å². The summed E-state index contributed by atoms with van der Waals surface area (Å²) in [5.41, 5.74) is 23.5. The fourth-order valence-corrected chi connectivity index (χ4v) is 11.2. The Bertz CT molecular complexity index is 2740. The van der Waals surface area contributed by atoms with Crippen LogP contribution in [0.4, 0.5) is 0 Å². The van der Waals surface area contributed by atoms with Crippen LogP contribution in [-0.2, 0) is 0 Å². The van der Waals surface area contributed by atoms with Gasteiger partial charge in [-0.1, -0.05) is 139 Å². The molecule has 10 heteroatoms. The van der Waals surface area contributed by atoms with Crippen molar-refractivity contribution in [1.29, 1.82) is 0 Å². The average molecular weight is 1130 g/mol. The molecule has 0 bridgehead atoms. The first-order chi connectivity index (χ1) is 29.0. The third-order valence-electron chi connectivity index (χ3n) is 8.70. The van der Waals surface area contributed by atoms with Gasteiger partial charge in [-0.3, -0.25) is 0 Å². The van der Waals surface area contributed by atoms with Gasteiger partial charge in [0.15, 0.2) is 0 Å². The Morgan fingerprint density at radius 3 is 0.935 bits per heavy atom. The molecule has 0 fully saturated rings. The van der Waals surface area contributed by atoms with Crippen LogP contribution in [0.5, 0.6) is 0 Å². The summed E-state index contributed by atoms with van der Waals surface area (Å²) in [5.74, 6) is 14.1. The molecule has 4 aromatic carbocycles. The van der Waals surface area contributed by atoms with Crippen molar-refractivity contribution in [2.24, 2.45) is 0 Å². The number of halogens is 3. The van der Waals surface area contributed by atoms with Gasteiger partial charge >= 0.3 is 0 Å². The molecule has 7 rings (SSSR count). The fourth-order valence-electron chi connectivity index (χ4n) is 5.85. The Morgan fingerprint density at radius 2 is 0.661 bits per heavy atom. The smallest absolute Gasteiger partial charge is 0.129 e. The highest BCUT2D eigenvalue weighted by Crippen LogP contribution is 2.37. The minimum atomic E-state index is -1.52. The molecule has 0 aliphatic heterocycles. The maximum Gasteiger partial charge on any atom is 0.129 e. The van der Waals surface area contributed by atoms with E-state index in [1.54, 1.807) is 34.0 Å². The van der Waals surface area contributed by atoms with Crippen LogP contribution in [0.3, 0.4) is 0 Å². The highest BCUT2D eigenvalue weighted by molar-refractivity contribution is 9.11. The molecule has 0 amide bonds. The van der Waals surface area contributed by atoms with Gasteiger partial charge in [-0.15, -0.1) is 22.2 Å². The summed E-state index contributed by atoms with van der Waals surface area (Å²) in [6.07, 6.45) is 0. The second-order valence-corrected chi connectivity index (χ2v) is 42.9. The molecule has 0 spiro atoms. The van der Waals surface area contributed by atoms with E-state index in [0.29, 0.717) is 0 Å². The fraction of sp³-hybridized carbons (Fsp3) is 0.231. The molecule has 3 heterocycles. The van der Waals surface area contributed by atoms with Crippen LogP contribution in [0.2, 0.25) is 78.6 Å². The third kappa shape index (κ3) is 14.8. The first-order valence-corrected chi connectivity index (χ1v) is 39.6. The minimum Gasteiger partial charge on any atom is -0.152 e. The first-order valence-electron chi connectivity index (χ1n) is 20.4. The maximum absolute atomic E-state index is 3.67. The van der Waals surface area contributed by atoms with Gasteiger partial charge < -0.3 is 0 Å². The molecule has 0 saturated heterocycles. The lowest BCUT2D eigenvalue weighted by Gasteiger charge is -2.14. The van der Waals surface area contributed by atoms with Crippen molar-refractivity contribution < 1.29 is 0 Å². The van der Waals surface area contributed by atoms with Gasteiger partial charge in [0.2, 0.25) is 0 Å². The second-order valence-electron chi connectivity index (χ2n) is 19.0. The molecule has 0 nitrogen and oxygen atoms in total. The van der Waals surface area contributed by atoms with Crippen LogP contribution in [0, 0.1) is 45.9 Å². The van der Waals surface area contributed by atoms with Crippen molar-refractivity contribution in [2.75, 3.05) is 0 Å². The summed E-state index contributed by atoms with van der Waals surface area (Å²) in [7, 11) is -5.90. The Hall–Kier alpha value is -2.95. The molecular formula is C52H53Br3S3Si4. The summed E-state index contributed by atoms with van der Waals surface area (Å²) < 4.78 is 3.27. The van der Waals surface area contributed by atoms with Crippen molar-refractivity contribution in [3.63, 3.8) is 0 Å². The summed E-state index contributed by atoms with van der Waals surface area (Å²) in [5, 5.41) is 17.5. The highest BCUT2D eigenvalue weighted by atomic mass is 79.9. The monoisotopic (exact) mass is 1120 g/mol. The van der Waals surface area contributed by atoms with E-state index in [2.05, 4.69) is 254 Å². The van der Waals surface area contributed by atoms with Gasteiger partial charge in [0.05, 0.1) is 0 Å². The number of thiophene rings is 3. The third-order valence-corrected chi connectivity index (χ3v) is 16.4. The lowest BCUT2D eigenvalue weighted by Crippen LogP contribution is -2.16. The normalized spacial score (nSPS) is 11.3. The molecular weight excluding hydrogens is 1070 g/mol. The largest absolute Gasteiger partial charge is 0.152 e. The van der Waals surface area contributed by atoms with E-state index in [1.807, 2.05) is 16.8 Å². The van der Waals surface area contributed by atoms with Gasteiger partial charge in [0, 0.05) is 41.1 Å². The molecule has 0 N–H and O–H groups in total. The topological polar surface area (TPSA) is 0 Å². The molecule has 0 aliphatic rings.